The van der Waals surface area contributed by atoms with Gasteiger partial charge in [-0.1, -0.05) is 13.8 Å². The molecule has 0 aliphatic rings. The second-order valence-corrected chi connectivity index (χ2v) is 2.93. The van der Waals surface area contributed by atoms with Gasteiger partial charge in [-0.05, 0) is 12.8 Å². The summed E-state index contributed by atoms with van der Waals surface area (Å²) in [6.07, 6.45) is -13.7. The van der Waals surface area contributed by atoms with Crippen LogP contribution in [0.2, 0.25) is 0 Å². The molecule has 0 radical (unpaired) electrons. The SMILES string of the molecule is CC[C@@H](O)C(F)(F)F.CC[C@H](O)C(F)(F)F. The molecule has 0 aliphatic carbocycles. The lowest BCUT2D eigenvalue weighted by Crippen LogP contribution is -2.27. The Morgan fingerprint density at radius 3 is 0.938 bits per heavy atom. The van der Waals surface area contributed by atoms with Crippen molar-refractivity contribution in [2.45, 2.75) is 51.2 Å². The van der Waals surface area contributed by atoms with Crippen LogP contribution >= 0.6 is 0 Å². The Labute approximate surface area is 88.9 Å². The molecule has 0 aromatic rings. The van der Waals surface area contributed by atoms with Gasteiger partial charge < -0.3 is 10.2 Å². The van der Waals surface area contributed by atoms with Crippen LogP contribution < -0.4 is 0 Å². The second-order valence-electron chi connectivity index (χ2n) is 2.93. The van der Waals surface area contributed by atoms with Crippen molar-refractivity contribution >= 4 is 0 Å². The van der Waals surface area contributed by atoms with E-state index >= 15 is 0 Å². The number of rotatable bonds is 2. The van der Waals surface area contributed by atoms with E-state index < -0.39 is 24.6 Å². The smallest absolute Gasteiger partial charge is 0.384 e. The van der Waals surface area contributed by atoms with Crippen molar-refractivity contribution in [3.63, 3.8) is 0 Å². The molecule has 2 atom stereocenters. The summed E-state index contributed by atoms with van der Waals surface area (Å²) in [6, 6.07) is 0. The van der Waals surface area contributed by atoms with Gasteiger partial charge in [0.1, 0.15) is 12.2 Å². The number of aliphatic hydroxyl groups excluding tert-OH is 2. The molecule has 8 heteroatoms. The molecule has 0 aliphatic heterocycles. The van der Waals surface area contributed by atoms with Gasteiger partial charge in [0.2, 0.25) is 0 Å². The quantitative estimate of drug-likeness (QED) is 0.746. The third-order valence-electron chi connectivity index (χ3n) is 1.53. The average Bonchev–Trinajstić information content (AvgIpc) is 2.13. The largest absolute Gasteiger partial charge is 0.414 e. The van der Waals surface area contributed by atoms with Crippen molar-refractivity contribution in [2.75, 3.05) is 0 Å². The van der Waals surface area contributed by atoms with Gasteiger partial charge >= 0.3 is 12.4 Å². The van der Waals surface area contributed by atoms with Crippen LogP contribution in [0.5, 0.6) is 0 Å². The first-order valence-electron chi connectivity index (χ1n) is 4.46. The molecule has 2 N–H and O–H groups in total. The lowest BCUT2D eigenvalue weighted by atomic mass is 10.3. The van der Waals surface area contributed by atoms with Gasteiger partial charge in [0.15, 0.2) is 0 Å². The molecule has 0 rings (SSSR count). The standard InChI is InChI=1S/2C4H7F3O/c2*1-2-3(8)4(5,6)7/h2*3,8H,2H2,1H3/t2*3-/m10/s1. The first kappa shape index (κ1) is 17.9. The summed E-state index contributed by atoms with van der Waals surface area (Å²) in [5.74, 6) is 0. The highest BCUT2D eigenvalue weighted by atomic mass is 19.4. The van der Waals surface area contributed by atoms with Crippen molar-refractivity contribution in [2.24, 2.45) is 0 Å². The molecular weight excluding hydrogens is 242 g/mol. The second kappa shape index (κ2) is 6.95. The minimum Gasteiger partial charge on any atom is -0.384 e. The van der Waals surface area contributed by atoms with Gasteiger partial charge in [-0.3, -0.25) is 0 Å². The normalized spacial score (nSPS) is 16.1. The number of halogens is 6. The maximum atomic E-state index is 11.2. The van der Waals surface area contributed by atoms with Crippen LogP contribution in [-0.2, 0) is 0 Å². The average molecular weight is 256 g/mol. The summed E-state index contributed by atoms with van der Waals surface area (Å²) in [5, 5.41) is 16.1. The number of alkyl halides is 6. The Balaban J connectivity index is 0. The zero-order valence-corrected chi connectivity index (χ0v) is 8.73. The Morgan fingerprint density at radius 2 is 0.938 bits per heavy atom. The molecule has 0 amide bonds. The fraction of sp³-hybridized carbons (Fsp3) is 1.00. The van der Waals surface area contributed by atoms with Gasteiger partial charge in [-0.25, -0.2) is 0 Å². The van der Waals surface area contributed by atoms with Crippen LogP contribution in [0.1, 0.15) is 26.7 Å². The zero-order valence-electron chi connectivity index (χ0n) is 8.73. The van der Waals surface area contributed by atoms with E-state index in [0.29, 0.717) is 0 Å². The molecular formula is C8H14F6O2. The molecule has 0 spiro atoms. The Bertz CT molecular complexity index is 156. The Kier molecular flexibility index (Phi) is 7.77. The molecule has 0 fully saturated rings. The molecule has 0 aromatic heterocycles. The highest BCUT2D eigenvalue weighted by Crippen LogP contribution is 2.21. The van der Waals surface area contributed by atoms with Crippen LogP contribution in [0.15, 0.2) is 0 Å². The van der Waals surface area contributed by atoms with Crippen molar-refractivity contribution in [1.82, 2.24) is 0 Å². The minimum atomic E-state index is -4.44. The van der Waals surface area contributed by atoms with Crippen molar-refractivity contribution < 1.29 is 36.6 Å². The number of hydrogen-bond acceptors (Lipinski definition) is 2. The van der Waals surface area contributed by atoms with E-state index in [9.17, 15) is 26.3 Å². The van der Waals surface area contributed by atoms with E-state index in [-0.39, 0.29) is 12.8 Å². The molecule has 0 unspecified atom stereocenters. The molecule has 0 heterocycles. The highest BCUT2D eigenvalue weighted by molar-refractivity contribution is 4.61. The molecule has 0 aromatic carbocycles. The monoisotopic (exact) mass is 256 g/mol. The number of aliphatic hydroxyl groups is 2. The lowest BCUT2D eigenvalue weighted by Gasteiger charge is -2.10. The molecule has 100 valence electrons. The molecule has 16 heavy (non-hydrogen) atoms. The summed E-state index contributed by atoms with van der Waals surface area (Å²) in [5.41, 5.74) is 0. The fourth-order valence-electron chi connectivity index (χ4n) is 0.463. The predicted octanol–water partition coefficient (Wildman–Crippen LogP) is 2.64. The van der Waals surface area contributed by atoms with Crippen molar-refractivity contribution in [1.29, 1.82) is 0 Å². The number of hydrogen-bond donors (Lipinski definition) is 2. The van der Waals surface area contributed by atoms with Gasteiger partial charge in [-0.15, -0.1) is 0 Å². The van der Waals surface area contributed by atoms with E-state index in [0.717, 1.165) is 0 Å². The van der Waals surface area contributed by atoms with Gasteiger partial charge in [-0.2, -0.15) is 26.3 Å². The Hall–Kier alpha value is -0.500. The summed E-state index contributed by atoms with van der Waals surface area (Å²) >= 11 is 0. The summed E-state index contributed by atoms with van der Waals surface area (Å²) < 4.78 is 67.2. The fourth-order valence-corrected chi connectivity index (χ4v) is 0.463. The van der Waals surface area contributed by atoms with Crippen LogP contribution in [0, 0.1) is 0 Å². The van der Waals surface area contributed by atoms with Crippen LogP contribution in [0.3, 0.4) is 0 Å². The highest BCUT2D eigenvalue weighted by Gasteiger charge is 2.36. The predicted molar refractivity (Wildman–Crippen MR) is 44.7 cm³/mol. The third kappa shape index (κ3) is 8.78. The van der Waals surface area contributed by atoms with Crippen LogP contribution in [-0.4, -0.2) is 34.8 Å². The van der Waals surface area contributed by atoms with E-state index in [4.69, 9.17) is 10.2 Å². The summed E-state index contributed by atoms with van der Waals surface area (Å²) in [6.45, 7) is 2.55. The van der Waals surface area contributed by atoms with Gasteiger partial charge in [0, 0.05) is 0 Å². The molecule has 0 bridgehead atoms. The van der Waals surface area contributed by atoms with Gasteiger partial charge in [0.25, 0.3) is 0 Å². The Morgan fingerprint density at radius 1 is 0.750 bits per heavy atom. The van der Waals surface area contributed by atoms with E-state index in [1.807, 2.05) is 0 Å². The minimum absolute atomic E-state index is 0.274. The van der Waals surface area contributed by atoms with Crippen molar-refractivity contribution in [3.05, 3.63) is 0 Å². The van der Waals surface area contributed by atoms with E-state index in [1.165, 1.54) is 13.8 Å². The van der Waals surface area contributed by atoms with E-state index in [2.05, 4.69) is 0 Å². The van der Waals surface area contributed by atoms with Crippen LogP contribution in [0.25, 0.3) is 0 Å². The van der Waals surface area contributed by atoms with Crippen LogP contribution in [0.4, 0.5) is 26.3 Å². The zero-order chi connectivity index (χ0) is 13.6. The van der Waals surface area contributed by atoms with E-state index in [1.54, 1.807) is 0 Å². The molecule has 0 saturated heterocycles. The molecule has 2 nitrogen and oxygen atoms in total. The first-order valence-corrected chi connectivity index (χ1v) is 4.46. The third-order valence-corrected chi connectivity index (χ3v) is 1.53. The summed E-state index contributed by atoms with van der Waals surface area (Å²) in [7, 11) is 0. The summed E-state index contributed by atoms with van der Waals surface area (Å²) in [4.78, 5) is 0. The molecule has 0 saturated carbocycles. The topological polar surface area (TPSA) is 40.5 Å². The lowest BCUT2D eigenvalue weighted by molar-refractivity contribution is -0.204. The first-order chi connectivity index (χ1) is 6.96. The maximum Gasteiger partial charge on any atom is 0.414 e. The van der Waals surface area contributed by atoms with Gasteiger partial charge in [0.05, 0.1) is 0 Å². The maximum absolute atomic E-state index is 11.2. The van der Waals surface area contributed by atoms with Crippen molar-refractivity contribution in [3.8, 4) is 0 Å².